The first-order valence-electron chi connectivity index (χ1n) is 7.14. The Bertz CT molecular complexity index is 385. The van der Waals surface area contributed by atoms with Crippen molar-refractivity contribution < 1.29 is 14.4 Å². The van der Waals surface area contributed by atoms with Crippen molar-refractivity contribution in [1.82, 2.24) is 15.1 Å². The summed E-state index contributed by atoms with van der Waals surface area (Å²) in [7, 11) is 0. The Balaban J connectivity index is 2.61. The summed E-state index contributed by atoms with van der Waals surface area (Å²) in [4.78, 5) is 39.2. The molecule has 0 aliphatic carbocycles. The van der Waals surface area contributed by atoms with Crippen molar-refractivity contribution in [2.75, 3.05) is 32.7 Å². The van der Waals surface area contributed by atoms with Gasteiger partial charge in [0.05, 0.1) is 0 Å². The third kappa shape index (κ3) is 3.71. The zero-order valence-corrected chi connectivity index (χ0v) is 12.9. The SMILES string of the molecule is CCCNC(=O)C(C)(C)C(=O)N1CCN(C(C)=O)CC1. The molecule has 0 unspecified atom stereocenters. The van der Waals surface area contributed by atoms with Gasteiger partial charge in [-0.2, -0.15) is 0 Å². The lowest BCUT2D eigenvalue weighted by Gasteiger charge is -2.37. The van der Waals surface area contributed by atoms with Gasteiger partial charge in [-0.15, -0.1) is 0 Å². The van der Waals surface area contributed by atoms with Gasteiger partial charge in [0.2, 0.25) is 17.7 Å². The molecule has 6 nitrogen and oxygen atoms in total. The van der Waals surface area contributed by atoms with Crippen LogP contribution in [-0.4, -0.2) is 60.2 Å². The molecule has 0 bridgehead atoms. The summed E-state index contributed by atoms with van der Waals surface area (Å²) in [5, 5.41) is 2.77. The topological polar surface area (TPSA) is 69.7 Å². The molecule has 3 amide bonds. The second-order valence-electron chi connectivity index (χ2n) is 5.68. The molecule has 20 heavy (non-hydrogen) atoms. The van der Waals surface area contributed by atoms with Gasteiger partial charge in [-0.1, -0.05) is 6.92 Å². The van der Waals surface area contributed by atoms with E-state index < -0.39 is 5.41 Å². The second kappa shape index (κ2) is 6.72. The van der Waals surface area contributed by atoms with E-state index in [0.717, 1.165) is 6.42 Å². The third-order valence-corrected chi connectivity index (χ3v) is 3.65. The number of hydrogen-bond donors (Lipinski definition) is 1. The van der Waals surface area contributed by atoms with Gasteiger partial charge in [0.15, 0.2) is 0 Å². The molecule has 1 rings (SSSR count). The first-order valence-corrected chi connectivity index (χ1v) is 7.14. The van der Waals surface area contributed by atoms with Gasteiger partial charge in [-0.3, -0.25) is 14.4 Å². The summed E-state index contributed by atoms with van der Waals surface area (Å²) in [6.07, 6.45) is 0.841. The molecule has 0 saturated carbocycles. The number of rotatable bonds is 4. The molecule has 1 fully saturated rings. The summed E-state index contributed by atoms with van der Waals surface area (Å²) in [6.45, 7) is 9.42. The molecule has 6 heteroatoms. The number of nitrogens with zero attached hydrogens (tertiary/aromatic N) is 2. The Morgan fingerprint density at radius 1 is 1.05 bits per heavy atom. The van der Waals surface area contributed by atoms with Crippen molar-refractivity contribution in [3.05, 3.63) is 0 Å². The van der Waals surface area contributed by atoms with Crippen LogP contribution in [0.3, 0.4) is 0 Å². The summed E-state index contributed by atoms with van der Waals surface area (Å²) >= 11 is 0. The Morgan fingerprint density at radius 3 is 2.00 bits per heavy atom. The summed E-state index contributed by atoms with van der Waals surface area (Å²) in [6, 6.07) is 0. The highest BCUT2D eigenvalue weighted by Crippen LogP contribution is 2.20. The normalized spacial score (nSPS) is 16.0. The Labute approximate surface area is 120 Å². The van der Waals surface area contributed by atoms with Crippen LogP contribution in [0.5, 0.6) is 0 Å². The van der Waals surface area contributed by atoms with Crippen molar-refractivity contribution in [2.45, 2.75) is 34.1 Å². The fourth-order valence-corrected chi connectivity index (χ4v) is 2.18. The highest BCUT2D eigenvalue weighted by atomic mass is 16.2. The highest BCUT2D eigenvalue weighted by molar-refractivity contribution is 6.04. The van der Waals surface area contributed by atoms with Crippen molar-refractivity contribution in [2.24, 2.45) is 5.41 Å². The maximum atomic E-state index is 12.5. The van der Waals surface area contributed by atoms with Crippen LogP contribution in [0.15, 0.2) is 0 Å². The molecule has 0 aromatic carbocycles. The monoisotopic (exact) mass is 283 g/mol. The van der Waals surface area contributed by atoms with Gasteiger partial charge in [0, 0.05) is 39.6 Å². The molecule has 1 aliphatic rings. The molecule has 0 spiro atoms. The Kier molecular flexibility index (Phi) is 5.53. The Morgan fingerprint density at radius 2 is 1.55 bits per heavy atom. The average Bonchev–Trinajstić information content (AvgIpc) is 2.43. The molecule has 1 aliphatic heterocycles. The van der Waals surface area contributed by atoms with Crippen LogP contribution >= 0.6 is 0 Å². The highest BCUT2D eigenvalue weighted by Gasteiger charge is 2.39. The largest absolute Gasteiger partial charge is 0.355 e. The number of carbonyl (C=O) groups is 3. The average molecular weight is 283 g/mol. The third-order valence-electron chi connectivity index (χ3n) is 3.65. The van der Waals surface area contributed by atoms with Crippen molar-refractivity contribution >= 4 is 17.7 Å². The van der Waals surface area contributed by atoms with Gasteiger partial charge in [-0.05, 0) is 20.3 Å². The summed E-state index contributed by atoms with van der Waals surface area (Å²) < 4.78 is 0. The van der Waals surface area contributed by atoms with E-state index in [1.165, 1.54) is 6.92 Å². The van der Waals surface area contributed by atoms with E-state index in [4.69, 9.17) is 0 Å². The van der Waals surface area contributed by atoms with Crippen LogP contribution in [0.2, 0.25) is 0 Å². The second-order valence-corrected chi connectivity index (χ2v) is 5.68. The fraction of sp³-hybridized carbons (Fsp3) is 0.786. The number of piperazine rings is 1. The number of amides is 3. The number of hydrogen-bond acceptors (Lipinski definition) is 3. The minimum Gasteiger partial charge on any atom is -0.355 e. The molecular weight excluding hydrogens is 258 g/mol. The summed E-state index contributed by atoms with van der Waals surface area (Å²) in [5.41, 5.74) is -1.06. The lowest BCUT2D eigenvalue weighted by Crippen LogP contribution is -2.56. The number of carbonyl (C=O) groups excluding carboxylic acids is 3. The zero-order valence-electron chi connectivity index (χ0n) is 12.9. The van der Waals surface area contributed by atoms with Gasteiger partial charge >= 0.3 is 0 Å². The van der Waals surface area contributed by atoms with Crippen LogP contribution in [0.4, 0.5) is 0 Å². The van der Waals surface area contributed by atoms with Crippen LogP contribution in [0.1, 0.15) is 34.1 Å². The first kappa shape index (κ1) is 16.5. The minimum absolute atomic E-state index is 0.0250. The van der Waals surface area contributed by atoms with E-state index in [1.54, 1.807) is 23.6 Å². The van der Waals surface area contributed by atoms with E-state index in [2.05, 4.69) is 5.32 Å². The maximum absolute atomic E-state index is 12.5. The smallest absolute Gasteiger partial charge is 0.237 e. The van der Waals surface area contributed by atoms with Gasteiger partial charge in [0.25, 0.3) is 0 Å². The maximum Gasteiger partial charge on any atom is 0.237 e. The molecule has 0 aromatic rings. The predicted octanol–water partition coefficient (Wildman–Crippen LogP) is 0.230. The fourth-order valence-electron chi connectivity index (χ4n) is 2.18. The van der Waals surface area contributed by atoms with Gasteiger partial charge < -0.3 is 15.1 Å². The standard InChI is InChI=1S/C14H25N3O3/c1-5-6-15-12(19)14(3,4)13(20)17-9-7-16(8-10-17)11(2)18/h5-10H2,1-4H3,(H,15,19). The quantitative estimate of drug-likeness (QED) is 0.751. The number of nitrogens with one attached hydrogen (secondary N) is 1. The minimum atomic E-state index is -1.06. The lowest BCUT2D eigenvalue weighted by atomic mass is 9.90. The van der Waals surface area contributed by atoms with Crippen LogP contribution in [0, 0.1) is 5.41 Å². The molecule has 114 valence electrons. The molecule has 0 radical (unpaired) electrons. The molecule has 0 aromatic heterocycles. The van der Waals surface area contributed by atoms with Gasteiger partial charge in [0.1, 0.15) is 5.41 Å². The van der Waals surface area contributed by atoms with E-state index >= 15 is 0 Å². The molecular formula is C14H25N3O3. The van der Waals surface area contributed by atoms with E-state index in [-0.39, 0.29) is 17.7 Å². The lowest BCUT2D eigenvalue weighted by molar-refractivity contribution is -0.151. The van der Waals surface area contributed by atoms with Crippen LogP contribution in [0.25, 0.3) is 0 Å². The zero-order chi connectivity index (χ0) is 15.3. The van der Waals surface area contributed by atoms with Gasteiger partial charge in [-0.25, -0.2) is 0 Å². The van der Waals surface area contributed by atoms with Crippen LogP contribution < -0.4 is 5.32 Å². The predicted molar refractivity (Wildman–Crippen MR) is 75.9 cm³/mol. The van der Waals surface area contributed by atoms with Crippen molar-refractivity contribution in [1.29, 1.82) is 0 Å². The van der Waals surface area contributed by atoms with E-state index in [0.29, 0.717) is 32.7 Å². The summed E-state index contributed by atoms with van der Waals surface area (Å²) in [5.74, 6) is -0.385. The Hall–Kier alpha value is -1.59. The van der Waals surface area contributed by atoms with Crippen LogP contribution in [-0.2, 0) is 14.4 Å². The van der Waals surface area contributed by atoms with E-state index in [9.17, 15) is 14.4 Å². The van der Waals surface area contributed by atoms with Crippen molar-refractivity contribution in [3.63, 3.8) is 0 Å². The molecule has 1 heterocycles. The van der Waals surface area contributed by atoms with Crippen molar-refractivity contribution in [3.8, 4) is 0 Å². The first-order chi connectivity index (χ1) is 9.30. The molecule has 1 saturated heterocycles. The van der Waals surface area contributed by atoms with E-state index in [1.807, 2.05) is 6.92 Å². The molecule has 1 N–H and O–H groups in total. The molecule has 0 atom stereocenters.